The average molecular weight is 568 g/mol. The topological polar surface area (TPSA) is 101 Å². The average Bonchev–Trinajstić information content (AvgIpc) is 3.14. The minimum absolute atomic E-state index is 0.00774. The van der Waals surface area contributed by atoms with Crippen LogP contribution in [-0.2, 0) is 27.7 Å². The number of Topliss-reactive ketones (excluding diaryl/α,β-unsaturated/α-hetero) is 1. The van der Waals surface area contributed by atoms with E-state index in [9.17, 15) is 18.0 Å². The van der Waals surface area contributed by atoms with E-state index in [0.717, 1.165) is 75.7 Å². The van der Waals surface area contributed by atoms with Gasteiger partial charge in [0.25, 0.3) is 0 Å². The molecule has 1 aliphatic carbocycles. The first-order chi connectivity index (χ1) is 19.0. The summed E-state index contributed by atoms with van der Waals surface area (Å²) in [5.41, 5.74) is 9.89. The van der Waals surface area contributed by atoms with E-state index in [0.29, 0.717) is 5.92 Å². The van der Waals surface area contributed by atoms with Crippen LogP contribution in [0.2, 0.25) is 0 Å². The number of sulfonamides is 1. The predicted octanol–water partition coefficient (Wildman–Crippen LogP) is 4.75. The number of carbonyl (C=O) groups is 2. The highest BCUT2D eigenvalue weighted by molar-refractivity contribution is 7.89. The van der Waals surface area contributed by atoms with E-state index in [1.165, 1.54) is 15.4 Å². The molecule has 8 heteroatoms. The SMILES string of the molecule is Cc1ccc(S(=O)(=O)N(CCC(N)=O)C2CCC(CCN3CCc4ccc(C(=O)C(C)C)cc4CC3)CC2)cc1. The van der Waals surface area contributed by atoms with Crippen LogP contribution in [0.25, 0.3) is 0 Å². The molecule has 0 atom stereocenters. The lowest BCUT2D eigenvalue weighted by molar-refractivity contribution is -0.118. The number of rotatable bonds is 11. The van der Waals surface area contributed by atoms with Gasteiger partial charge in [-0.15, -0.1) is 0 Å². The van der Waals surface area contributed by atoms with E-state index in [4.69, 9.17) is 5.73 Å². The number of ketones is 1. The second-order valence-electron chi connectivity index (χ2n) is 12.0. The van der Waals surface area contributed by atoms with Crippen LogP contribution >= 0.6 is 0 Å². The molecule has 4 rings (SSSR count). The standard InChI is InChI=1S/C32H45N3O4S/c1-23(2)32(37)28-9-8-26-15-19-34(20-16-27(26)22-28)18-14-25-6-10-29(11-7-25)35(21-17-31(33)36)40(38,39)30-12-4-24(3)5-13-30/h4-5,8-9,12-13,22-23,25,29H,6-7,10-11,14-21H2,1-3H3,(H2,33,36). The maximum absolute atomic E-state index is 13.5. The summed E-state index contributed by atoms with van der Waals surface area (Å²) in [7, 11) is -3.71. The van der Waals surface area contributed by atoms with E-state index in [1.54, 1.807) is 12.1 Å². The summed E-state index contributed by atoms with van der Waals surface area (Å²) in [5.74, 6) is 0.296. The van der Waals surface area contributed by atoms with Gasteiger partial charge in [-0.25, -0.2) is 8.42 Å². The van der Waals surface area contributed by atoms with Gasteiger partial charge in [0.15, 0.2) is 5.78 Å². The molecule has 0 bridgehead atoms. The molecule has 2 N–H and O–H groups in total. The Balaban J connectivity index is 1.31. The molecule has 218 valence electrons. The summed E-state index contributed by atoms with van der Waals surface area (Å²) in [5, 5.41) is 0. The van der Waals surface area contributed by atoms with Gasteiger partial charge in [0.2, 0.25) is 15.9 Å². The zero-order chi connectivity index (χ0) is 28.9. The number of aryl methyl sites for hydroxylation is 1. The molecule has 0 radical (unpaired) electrons. The van der Waals surface area contributed by atoms with Gasteiger partial charge in [0, 0.05) is 43.6 Å². The fraction of sp³-hybridized carbons (Fsp3) is 0.562. The fourth-order valence-electron chi connectivity index (χ4n) is 6.13. The smallest absolute Gasteiger partial charge is 0.243 e. The van der Waals surface area contributed by atoms with Crippen molar-refractivity contribution in [1.29, 1.82) is 0 Å². The predicted molar refractivity (Wildman–Crippen MR) is 159 cm³/mol. The number of fused-ring (bicyclic) bond motifs is 1. The van der Waals surface area contributed by atoms with Gasteiger partial charge < -0.3 is 10.6 Å². The maximum Gasteiger partial charge on any atom is 0.243 e. The Morgan fingerprint density at radius 2 is 1.62 bits per heavy atom. The van der Waals surface area contributed by atoms with Crippen molar-refractivity contribution in [3.63, 3.8) is 0 Å². The van der Waals surface area contributed by atoms with Crippen LogP contribution in [0.4, 0.5) is 0 Å². The second-order valence-corrected chi connectivity index (χ2v) is 13.8. The number of carbonyl (C=O) groups excluding carboxylic acids is 2. The summed E-state index contributed by atoms with van der Waals surface area (Å²) >= 11 is 0. The molecule has 2 aromatic carbocycles. The number of amides is 1. The second kappa shape index (κ2) is 13.4. The van der Waals surface area contributed by atoms with E-state index in [2.05, 4.69) is 17.0 Å². The third-order valence-electron chi connectivity index (χ3n) is 8.69. The molecule has 40 heavy (non-hydrogen) atoms. The monoisotopic (exact) mass is 567 g/mol. The van der Waals surface area contributed by atoms with Crippen LogP contribution in [-0.4, -0.2) is 61.5 Å². The zero-order valence-corrected chi connectivity index (χ0v) is 25.1. The Morgan fingerprint density at radius 1 is 0.975 bits per heavy atom. The summed E-state index contributed by atoms with van der Waals surface area (Å²) in [4.78, 5) is 26.8. The van der Waals surface area contributed by atoms with Crippen LogP contribution < -0.4 is 5.73 Å². The number of hydrogen-bond acceptors (Lipinski definition) is 5. The Bertz CT molecular complexity index is 1280. The minimum atomic E-state index is -3.71. The van der Waals surface area contributed by atoms with E-state index < -0.39 is 15.9 Å². The van der Waals surface area contributed by atoms with Crippen molar-refractivity contribution in [1.82, 2.24) is 9.21 Å². The van der Waals surface area contributed by atoms with Gasteiger partial charge >= 0.3 is 0 Å². The van der Waals surface area contributed by atoms with Crippen LogP contribution in [0.5, 0.6) is 0 Å². The molecule has 1 aliphatic heterocycles. The first-order valence-electron chi connectivity index (χ1n) is 14.8. The Kier molecular flexibility index (Phi) is 10.2. The molecule has 1 heterocycles. The van der Waals surface area contributed by atoms with E-state index >= 15 is 0 Å². The van der Waals surface area contributed by atoms with Gasteiger partial charge in [-0.2, -0.15) is 4.31 Å². The van der Waals surface area contributed by atoms with E-state index in [1.807, 2.05) is 39.0 Å². The summed E-state index contributed by atoms with van der Waals surface area (Å²) < 4.78 is 28.6. The summed E-state index contributed by atoms with van der Waals surface area (Å²) in [6.07, 6.45) is 6.66. The van der Waals surface area contributed by atoms with Crippen molar-refractivity contribution in [3.05, 3.63) is 64.7 Å². The molecule has 1 saturated carbocycles. The molecule has 2 aliphatic rings. The fourth-order valence-corrected chi connectivity index (χ4v) is 7.82. The Morgan fingerprint density at radius 3 is 2.25 bits per heavy atom. The minimum Gasteiger partial charge on any atom is -0.370 e. The number of nitrogens with two attached hydrogens (primary N) is 1. The van der Waals surface area contributed by atoms with Crippen LogP contribution in [0.15, 0.2) is 47.4 Å². The quantitative estimate of drug-likeness (QED) is 0.395. The van der Waals surface area contributed by atoms with Crippen LogP contribution in [0.3, 0.4) is 0 Å². The largest absolute Gasteiger partial charge is 0.370 e. The normalized spacial score (nSPS) is 20.3. The molecule has 7 nitrogen and oxygen atoms in total. The highest BCUT2D eigenvalue weighted by Gasteiger charge is 2.34. The van der Waals surface area contributed by atoms with Gasteiger partial charge in [0.1, 0.15) is 0 Å². The van der Waals surface area contributed by atoms with Crippen molar-refractivity contribution in [3.8, 4) is 0 Å². The first-order valence-corrected chi connectivity index (χ1v) is 16.2. The number of benzene rings is 2. The highest BCUT2D eigenvalue weighted by Crippen LogP contribution is 2.33. The van der Waals surface area contributed by atoms with Crippen molar-refractivity contribution in [2.75, 3.05) is 26.2 Å². The Hall–Kier alpha value is -2.55. The van der Waals surface area contributed by atoms with Crippen LogP contribution in [0.1, 0.15) is 79.4 Å². The molecular weight excluding hydrogens is 522 g/mol. The zero-order valence-electron chi connectivity index (χ0n) is 24.3. The molecule has 0 unspecified atom stereocenters. The Labute approximate surface area is 240 Å². The number of nitrogens with zero attached hydrogens (tertiary/aromatic N) is 2. The van der Waals surface area contributed by atoms with Crippen LogP contribution in [0, 0.1) is 18.8 Å². The maximum atomic E-state index is 13.5. The lowest BCUT2D eigenvalue weighted by atomic mass is 9.84. The van der Waals surface area contributed by atoms with Crippen molar-refractivity contribution >= 4 is 21.7 Å². The van der Waals surface area contributed by atoms with Gasteiger partial charge in [0.05, 0.1) is 4.90 Å². The summed E-state index contributed by atoms with van der Waals surface area (Å²) in [6.45, 7) is 9.01. The number of hydrogen-bond donors (Lipinski definition) is 1. The lowest BCUT2D eigenvalue weighted by Crippen LogP contribution is -2.44. The van der Waals surface area contributed by atoms with Crippen molar-refractivity contribution < 1.29 is 18.0 Å². The molecular formula is C32H45N3O4S. The van der Waals surface area contributed by atoms with Gasteiger partial charge in [-0.1, -0.05) is 43.7 Å². The molecule has 0 aromatic heterocycles. The molecule has 2 aromatic rings. The lowest BCUT2D eigenvalue weighted by Gasteiger charge is -2.36. The number of primary amides is 1. The van der Waals surface area contributed by atoms with Gasteiger partial charge in [-0.05, 0) is 93.7 Å². The van der Waals surface area contributed by atoms with Crippen molar-refractivity contribution in [2.24, 2.45) is 17.6 Å². The highest BCUT2D eigenvalue weighted by atomic mass is 32.2. The van der Waals surface area contributed by atoms with Gasteiger partial charge in [-0.3, -0.25) is 9.59 Å². The molecule has 1 amide bonds. The third kappa shape index (κ3) is 7.59. The summed E-state index contributed by atoms with van der Waals surface area (Å²) in [6, 6.07) is 13.0. The third-order valence-corrected chi connectivity index (χ3v) is 10.7. The molecule has 0 saturated heterocycles. The molecule has 0 spiro atoms. The van der Waals surface area contributed by atoms with Crippen molar-refractivity contribution in [2.45, 2.75) is 83.1 Å². The molecule has 1 fully saturated rings. The first kappa shape index (κ1) is 30.4. The van der Waals surface area contributed by atoms with E-state index in [-0.39, 0.29) is 35.6 Å².